The third kappa shape index (κ3) is 3.50. The first-order valence-electron chi connectivity index (χ1n) is 4.91. The molecule has 0 saturated heterocycles. The molecule has 1 aromatic carbocycles. The minimum atomic E-state index is -4.34. The zero-order valence-electron chi connectivity index (χ0n) is 9.14. The highest BCUT2D eigenvalue weighted by atomic mass is 32.2. The first kappa shape index (κ1) is 13.5. The summed E-state index contributed by atoms with van der Waals surface area (Å²) in [6.45, 7) is 0. The molecule has 2 aromatic rings. The van der Waals surface area contributed by atoms with Crippen molar-refractivity contribution in [1.29, 1.82) is 0 Å². The largest absolute Gasteiger partial charge is 0.475 e. The van der Waals surface area contributed by atoms with Gasteiger partial charge in [0.1, 0.15) is 5.69 Å². The molecule has 1 N–H and O–H groups in total. The van der Waals surface area contributed by atoms with E-state index in [1.807, 2.05) is 0 Å². The number of rotatable bonds is 3. The number of carbonyl (C=O) groups is 1. The summed E-state index contributed by atoms with van der Waals surface area (Å²) in [7, 11) is 0. The number of halogens is 3. The van der Waals surface area contributed by atoms with Crippen LogP contribution >= 0.6 is 11.8 Å². The molecule has 4 nitrogen and oxygen atoms in total. The van der Waals surface area contributed by atoms with Crippen LogP contribution in [0.4, 0.5) is 13.2 Å². The maximum absolute atomic E-state index is 12.1. The van der Waals surface area contributed by atoms with Gasteiger partial charge in [0.2, 0.25) is 5.76 Å². The number of hydrogen-bond donors (Lipinski definition) is 1. The summed E-state index contributed by atoms with van der Waals surface area (Å²) in [4.78, 5) is 10.6. The molecule has 1 heterocycles. The number of thioether (sulfide) groups is 1. The second-order valence-corrected chi connectivity index (χ2v) is 4.59. The third-order valence-corrected chi connectivity index (χ3v) is 2.84. The summed E-state index contributed by atoms with van der Waals surface area (Å²) in [5.41, 5.74) is -3.62. The van der Waals surface area contributed by atoms with E-state index in [0.717, 1.165) is 0 Å². The number of carboxylic acids is 1. The zero-order chi connectivity index (χ0) is 14.0. The number of nitrogens with zero attached hydrogens (tertiary/aromatic N) is 1. The van der Waals surface area contributed by atoms with E-state index in [9.17, 15) is 18.0 Å². The average molecular weight is 289 g/mol. The maximum atomic E-state index is 12.1. The zero-order valence-corrected chi connectivity index (χ0v) is 9.96. The fourth-order valence-electron chi connectivity index (χ4n) is 1.34. The second kappa shape index (κ2) is 4.96. The summed E-state index contributed by atoms with van der Waals surface area (Å²) < 4.78 is 40.9. The van der Waals surface area contributed by atoms with Crippen molar-refractivity contribution < 1.29 is 27.6 Å². The predicted molar refractivity (Wildman–Crippen MR) is 60.8 cm³/mol. The standard InChI is InChI=1S/C11H6F3NO3S/c12-11(13,14)19-7-3-1-6(2-4-7)8-5-9(10(16)17)18-15-8/h1-5H,(H,16,17). The molecule has 0 spiro atoms. The van der Waals surface area contributed by atoms with E-state index in [2.05, 4.69) is 9.68 Å². The van der Waals surface area contributed by atoms with E-state index in [-0.39, 0.29) is 28.1 Å². The first-order valence-corrected chi connectivity index (χ1v) is 5.73. The van der Waals surface area contributed by atoms with Gasteiger partial charge in [0, 0.05) is 16.5 Å². The second-order valence-electron chi connectivity index (χ2n) is 3.45. The van der Waals surface area contributed by atoms with Gasteiger partial charge in [0.15, 0.2) is 0 Å². The van der Waals surface area contributed by atoms with Crippen LogP contribution in [0.5, 0.6) is 0 Å². The Hall–Kier alpha value is -1.96. The van der Waals surface area contributed by atoms with E-state index in [0.29, 0.717) is 5.56 Å². The normalized spacial score (nSPS) is 11.5. The minimum absolute atomic E-state index is 0.0400. The van der Waals surface area contributed by atoms with Crippen LogP contribution in [0, 0.1) is 0 Å². The molecule has 1 aromatic heterocycles. The van der Waals surface area contributed by atoms with Crippen LogP contribution in [0.1, 0.15) is 10.6 Å². The van der Waals surface area contributed by atoms with E-state index in [4.69, 9.17) is 5.11 Å². The van der Waals surface area contributed by atoms with Gasteiger partial charge in [-0.05, 0) is 23.9 Å². The summed E-state index contributed by atoms with van der Waals surface area (Å²) in [6, 6.07) is 6.59. The lowest BCUT2D eigenvalue weighted by Crippen LogP contribution is -1.98. The van der Waals surface area contributed by atoms with Crippen molar-refractivity contribution in [2.75, 3.05) is 0 Å². The van der Waals surface area contributed by atoms with Gasteiger partial charge in [-0.1, -0.05) is 17.3 Å². The number of hydrogen-bond acceptors (Lipinski definition) is 4. The lowest BCUT2D eigenvalue weighted by molar-refractivity contribution is -0.0328. The Morgan fingerprint density at radius 1 is 1.26 bits per heavy atom. The van der Waals surface area contributed by atoms with Crippen LogP contribution < -0.4 is 0 Å². The van der Waals surface area contributed by atoms with Crippen LogP contribution in [-0.2, 0) is 0 Å². The predicted octanol–water partition coefficient (Wildman–Crippen LogP) is 3.65. The highest BCUT2D eigenvalue weighted by Gasteiger charge is 2.29. The smallest absolute Gasteiger partial charge is 0.446 e. The first-order chi connectivity index (χ1) is 8.85. The van der Waals surface area contributed by atoms with Gasteiger partial charge in [0.05, 0.1) is 0 Å². The van der Waals surface area contributed by atoms with E-state index in [1.54, 1.807) is 0 Å². The molecule has 0 aliphatic heterocycles. The van der Waals surface area contributed by atoms with Crippen molar-refractivity contribution in [3.05, 3.63) is 36.1 Å². The van der Waals surface area contributed by atoms with Gasteiger partial charge < -0.3 is 9.63 Å². The Morgan fingerprint density at radius 2 is 1.89 bits per heavy atom. The monoisotopic (exact) mass is 289 g/mol. The van der Waals surface area contributed by atoms with E-state index >= 15 is 0 Å². The van der Waals surface area contributed by atoms with Crippen molar-refractivity contribution in [1.82, 2.24) is 5.16 Å². The van der Waals surface area contributed by atoms with E-state index < -0.39 is 11.5 Å². The SMILES string of the molecule is O=C(O)c1cc(-c2ccc(SC(F)(F)F)cc2)no1. The summed E-state index contributed by atoms with van der Waals surface area (Å²) in [5.74, 6) is -1.59. The molecular formula is C11H6F3NO3S. The molecule has 8 heteroatoms. The molecule has 0 atom stereocenters. The molecule has 0 radical (unpaired) electrons. The van der Waals surface area contributed by atoms with Gasteiger partial charge in [-0.15, -0.1) is 0 Å². The average Bonchev–Trinajstić information content (AvgIpc) is 2.77. The highest BCUT2D eigenvalue weighted by Crippen LogP contribution is 2.37. The van der Waals surface area contributed by atoms with Crippen molar-refractivity contribution >= 4 is 17.7 Å². The van der Waals surface area contributed by atoms with Gasteiger partial charge in [-0.3, -0.25) is 0 Å². The summed E-state index contributed by atoms with van der Waals surface area (Å²) in [5, 5.41) is 12.2. The number of aromatic carboxylic acids is 1. The molecule has 2 rings (SSSR count). The van der Waals surface area contributed by atoms with E-state index in [1.165, 1.54) is 30.3 Å². The molecule has 0 unspecified atom stereocenters. The van der Waals surface area contributed by atoms with Crippen molar-refractivity contribution in [2.24, 2.45) is 0 Å². The van der Waals surface area contributed by atoms with Gasteiger partial charge >= 0.3 is 11.5 Å². The Balaban J connectivity index is 2.20. The topological polar surface area (TPSA) is 63.3 Å². The lowest BCUT2D eigenvalue weighted by atomic mass is 10.1. The maximum Gasteiger partial charge on any atom is 0.446 e. The van der Waals surface area contributed by atoms with Crippen LogP contribution in [0.15, 0.2) is 39.8 Å². The van der Waals surface area contributed by atoms with Crippen LogP contribution in [-0.4, -0.2) is 21.7 Å². The van der Waals surface area contributed by atoms with Crippen LogP contribution in [0.3, 0.4) is 0 Å². The molecule has 0 bridgehead atoms. The minimum Gasteiger partial charge on any atom is -0.475 e. The summed E-state index contributed by atoms with van der Waals surface area (Å²) >= 11 is -0.223. The Bertz CT molecular complexity index is 592. The molecule has 0 aliphatic carbocycles. The van der Waals surface area contributed by atoms with Crippen molar-refractivity contribution in [3.8, 4) is 11.3 Å². The highest BCUT2D eigenvalue weighted by molar-refractivity contribution is 8.00. The summed E-state index contributed by atoms with van der Waals surface area (Å²) in [6.07, 6.45) is 0. The fourth-order valence-corrected chi connectivity index (χ4v) is 1.88. The van der Waals surface area contributed by atoms with Crippen LogP contribution in [0.25, 0.3) is 11.3 Å². The fraction of sp³-hybridized carbons (Fsp3) is 0.0909. The molecule has 19 heavy (non-hydrogen) atoms. The third-order valence-electron chi connectivity index (χ3n) is 2.10. The Kier molecular flexibility index (Phi) is 3.52. The molecule has 0 aliphatic rings. The van der Waals surface area contributed by atoms with Gasteiger partial charge in [0.25, 0.3) is 0 Å². The lowest BCUT2D eigenvalue weighted by Gasteiger charge is -2.05. The molecule has 0 amide bonds. The molecule has 0 saturated carbocycles. The molecular weight excluding hydrogens is 283 g/mol. The van der Waals surface area contributed by atoms with Gasteiger partial charge in [-0.2, -0.15) is 13.2 Å². The Morgan fingerprint density at radius 3 is 2.37 bits per heavy atom. The molecule has 100 valence electrons. The quantitative estimate of drug-likeness (QED) is 0.874. The van der Waals surface area contributed by atoms with Gasteiger partial charge in [-0.25, -0.2) is 4.79 Å². The number of aromatic nitrogens is 1. The van der Waals surface area contributed by atoms with Crippen molar-refractivity contribution in [2.45, 2.75) is 10.4 Å². The number of benzene rings is 1. The molecule has 0 fully saturated rings. The van der Waals surface area contributed by atoms with Crippen molar-refractivity contribution in [3.63, 3.8) is 0 Å². The Labute approximate surface area is 109 Å². The van der Waals surface area contributed by atoms with Crippen LogP contribution in [0.2, 0.25) is 0 Å². The number of carboxylic acid groups (broad SMARTS) is 1. The number of alkyl halides is 3.